The molecule has 0 atom stereocenters. The zero-order valence-corrected chi connectivity index (χ0v) is 11.8. The van der Waals surface area contributed by atoms with E-state index in [1.165, 1.54) is 11.3 Å². The normalized spacial score (nSPS) is 11.7. The van der Waals surface area contributed by atoms with Crippen LogP contribution in [0.2, 0.25) is 0 Å². The lowest BCUT2D eigenvalue weighted by atomic mass is 10.1. The first kappa shape index (κ1) is 14.2. The lowest BCUT2D eigenvalue weighted by molar-refractivity contribution is 0.0694. The van der Waals surface area contributed by atoms with Gasteiger partial charge in [-0.1, -0.05) is 13.8 Å². The summed E-state index contributed by atoms with van der Waals surface area (Å²) < 4.78 is 0. The first-order valence-corrected chi connectivity index (χ1v) is 6.88. The number of hydrogen-bond donors (Lipinski definition) is 1. The summed E-state index contributed by atoms with van der Waals surface area (Å²) in [6, 6.07) is 0.430. The standard InChI is InChI=1S/C13H21NO2S/c1-9(2)5-14(10(3)4)6-11-7-17-8-12(11)13(15)16/h7-10H,5-6H2,1-4H3,(H,15,16). The third-order valence-corrected chi connectivity index (χ3v) is 3.47. The van der Waals surface area contributed by atoms with Crippen molar-refractivity contribution in [1.82, 2.24) is 4.90 Å². The summed E-state index contributed by atoms with van der Waals surface area (Å²) in [5.41, 5.74) is 1.38. The van der Waals surface area contributed by atoms with E-state index >= 15 is 0 Å². The van der Waals surface area contributed by atoms with Gasteiger partial charge in [0.05, 0.1) is 5.56 Å². The van der Waals surface area contributed by atoms with E-state index in [9.17, 15) is 4.79 Å². The maximum Gasteiger partial charge on any atom is 0.336 e. The number of nitrogens with zero attached hydrogens (tertiary/aromatic N) is 1. The van der Waals surface area contributed by atoms with Crippen LogP contribution in [0.15, 0.2) is 10.8 Å². The highest BCUT2D eigenvalue weighted by Crippen LogP contribution is 2.19. The van der Waals surface area contributed by atoms with Crippen molar-refractivity contribution in [2.24, 2.45) is 5.92 Å². The number of thiophene rings is 1. The van der Waals surface area contributed by atoms with Crippen LogP contribution in [0.5, 0.6) is 0 Å². The molecular formula is C13H21NO2S. The van der Waals surface area contributed by atoms with Gasteiger partial charge in [0.2, 0.25) is 0 Å². The molecule has 1 heterocycles. The van der Waals surface area contributed by atoms with Gasteiger partial charge in [0.25, 0.3) is 0 Å². The molecule has 1 rings (SSSR count). The summed E-state index contributed by atoms with van der Waals surface area (Å²) in [4.78, 5) is 13.4. The van der Waals surface area contributed by atoms with Gasteiger partial charge in [-0.05, 0) is 30.7 Å². The lowest BCUT2D eigenvalue weighted by Gasteiger charge is -2.28. The summed E-state index contributed by atoms with van der Waals surface area (Å²) in [7, 11) is 0. The van der Waals surface area contributed by atoms with Gasteiger partial charge in [-0.25, -0.2) is 4.79 Å². The fourth-order valence-corrected chi connectivity index (χ4v) is 2.60. The number of hydrogen-bond acceptors (Lipinski definition) is 3. The minimum Gasteiger partial charge on any atom is -0.478 e. The van der Waals surface area contributed by atoms with Crippen molar-refractivity contribution in [3.05, 3.63) is 21.9 Å². The van der Waals surface area contributed by atoms with Crippen molar-refractivity contribution < 1.29 is 9.90 Å². The first-order valence-electron chi connectivity index (χ1n) is 5.94. The zero-order valence-electron chi connectivity index (χ0n) is 10.9. The molecule has 0 aromatic carbocycles. The molecular weight excluding hydrogens is 234 g/mol. The zero-order chi connectivity index (χ0) is 13.0. The van der Waals surface area contributed by atoms with Crippen molar-refractivity contribution >= 4 is 17.3 Å². The van der Waals surface area contributed by atoms with Gasteiger partial charge in [0.15, 0.2) is 0 Å². The van der Waals surface area contributed by atoms with Gasteiger partial charge in [-0.2, -0.15) is 11.3 Å². The predicted octanol–water partition coefficient (Wildman–Crippen LogP) is 3.31. The second-order valence-corrected chi connectivity index (χ2v) is 5.78. The van der Waals surface area contributed by atoms with Gasteiger partial charge < -0.3 is 5.11 Å². The molecule has 0 aliphatic heterocycles. The highest BCUT2D eigenvalue weighted by atomic mass is 32.1. The molecule has 0 radical (unpaired) electrons. The van der Waals surface area contributed by atoms with Crippen LogP contribution in [0.1, 0.15) is 43.6 Å². The predicted molar refractivity (Wildman–Crippen MR) is 71.7 cm³/mol. The van der Waals surface area contributed by atoms with E-state index in [1.54, 1.807) is 5.38 Å². The number of rotatable bonds is 6. The molecule has 96 valence electrons. The molecule has 1 N–H and O–H groups in total. The summed E-state index contributed by atoms with van der Waals surface area (Å²) in [6.07, 6.45) is 0. The molecule has 0 fully saturated rings. The number of carboxylic acid groups (broad SMARTS) is 1. The second kappa shape index (κ2) is 6.17. The monoisotopic (exact) mass is 255 g/mol. The average Bonchev–Trinajstić information content (AvgIpc) is 2.63. The van der Waals surface area contributed by atoms with Crippen LogP contribution in [-0.2, 0) is 6.54 Å². The van der Waals surface area contributed by atoms with Crippen molar-refractivity contribution in [2.75, 3.05) is 6.54 Å². The third kappa shape index (κ3) is 4.13. The Bertz CT molecular complexity index is 371. The highest BCUT2D eigenvalue weighted by molar-refractivity contribution is 7.08. The minimum absolute atomic E-state index is 0.430. The molecule has 0 unspecified atom stereocenters. The highest BCUT2D eigenvalue weighted by Gasteiger charge is 2.17. The maximum absolute atomic E-state index is 11.0. The van der Waals surface area contributed by atoms with E-state index in [4.69, 9.17) is 5.11 Å². The third-order valence-electron chi connectivity index (χ3n) is 2.68. The van der Waals surface area contributed by atoms with Gasteiger partial charge in [0, 0.05) is 24.5 Å². The Morgan fingerprint density at radius 2 is 2.00 bits per heavy atom. The van der Waals surface area contributed by atoms with E-state index in [2.05, 4.69) is 32.6 Å². The second-order valence-electron chi connectivity index (χ2n) is 5.03. The van der Waals surface area contributed by atoms with E-state index in [0.717, 1.165) is 18.7 Å². The molecule has 0 aliphatic carbocycles. The Balaban J connectivity index is 2.78. The summed E-state index contributed by atoms with van der Waals surface area (Å²) >= 11 is 1.46. The van der Waals surface area contributed by atoms with Crippen molar-refractivity contribution in [3.63, 3.8) is 0 Å². The van der Waals surface area contributed by atoms with E-state index < -0.39 is 5.97 Å². The molecule has 1 aromatic heterocycles. The van der Waals surface area contributed by atoms with Crippen LogP contribution in [0.4, 0.5) is 0 Å². The van der Waals surface area contributed by atoms with Crippen LogP contribution in [-0.4, -0.2) is 28.6 Å². The minimum atomic E-state index is -0.825. The van der Waals surface area contributed by atoms with Crippen LogP contribution in [0.3, 0.4) is 0 Å². The summed E-state index contributed by atoms with van der Waals surface area (Å²) in [5, 5.41) is 12.7. The average molecular weight is 255 g/mol. The number of aromatic carboxylic acids is 1. The largest absolute Gasteiger partial charge is 0.478 e. The molecule has 0 bridgehead atoms. The first-order chi connectivity index (χ1) is 7.91. The SMILES string of the molecule is CC(C)CN(Cc1cscc1C(=O)O)C(C)C. The Labute approximate surface area is 107 Å². The molecule has 4 heteroatoms. The van der Waals surface area contributed by atoms with Gasteiger partial charge in [0.1, 0.15) is 0 Å². The van der Waals surface area contributed by atoms with E-state index in [1.807, 2.05) is 5.38 Å². The van der Waals surface area contributed by atoms with Crippen molar-refractivity contribution in [1.29, 1.82) is 0 Å². The maximum atomic E-state index is 11.0. The van der Waals surface area contributed by atoms with Gasteiger partial charge >= 0.3 is 5.97 Å². The molecule has 0 saturated heterocycles. The molecule has 3 nitrogen and oxygen atoms in total. The number of carbonyl (C=O) groups is 1. The van der Waals surface area contributed by atoms with E-state index in [0.29, 0.717) is 17.5 Å². The molecule has 1 aromatic rings. The van der Waals surface area contributed by atoms with Crippen molar-refractivity contribution in [3.8, 4) is 0 Å². The van der Waals surface area contributed by atoms with Crippen LogP contribution >= 0.6 is 11.3 Å². The molecule has 0 saturated carbocycles. The molecule has 0 spiro atoms. The molecule has 17 heavy (non-hydrogen) atoms. The lowest BCUT2D eigenvalue weighted by Crippen LogP contribution is -2.33. The quantitative estimate of drug-likeness (QED) is 0.847. The molecule has 0 aliphatic rings. The molecule has 0 amide bonds. The Hall–Kier alpha value is -0.870. The van der Waals surface area contributed by atoms with E-state index in [-0.39, 0.29) is 0 Å². The Morgan fingerprint density at radius 3 is 2.47 bits per heavy atom. The topological polar surface area (TPSA) is 40.5 Å². The number of carboxylic acids is 1. The smallest absolute Gasteiger partial charge is 0.336 e. The Morgan fingerprint density at radius 1 is 1.35 bits per heavy atom. The summed E-state index contributed by atoms with van der Waals surface area (Å²) in [5.74, 6) is -0.237. The summed E-state index contributed by atoms with van der Waals surface area (Å²) in [6.45, 7) is 10.4. The fraction of sp³-hybridized carbons (Fsp3) is 0.615. The van der Waals surface area contributed by atoms with Crippen LogP contribution < -0.4 is 0 Å². The Kier molecular flexibility index (Phi) is 5.15. The van der Waals surface area contributed by atoms with Gasteiger partial charge in [-0.3, -0.25) is 4.90 Å². The van der Waals surface area contributed by atoms with Crippen LogP contribution in [0.25, 0.3) is 0 Å². The van der Waals surface area contributed by atoms with Crippen molar-refractivity contribution in [2.45, 2.75) is 40.3 Å². The fourth-order valence-electron chi connectivity index (χ4n) is 1.78. The van der Waals surface area contributed by atoms with Gasteiger partial charge in [-0.15, -0.1) is 0 Å². The van der Waals surface area contributed by atoms with Crippen LogP contribution in [0, 0.1) is 5.92 Å².